The van der Waals surface area contributed by atoms with Gasteiger partial charge < -0.3 is 10.0 Å². The van der Waals surface area contributed by atoms with Gasteiger partial charge in [0.05, 0.1) is 6.10 Å². The van der Waals surface area contributed by atoms with E-state index in [2.05, 4.69) is 0 Å². The van der Waals surface area contributed by atoms with Gasteiger partial charge in [-0.3, -0.25) is 4.79 Å². The lowest BCUT2D eigenvalue weighted by Gasteiger charge is -2.32. The summed E-state index contributed by atoms with van der Waals surface area (Å²) >= 11 is 1.64. The highest BCUT2D eigenvalue weighted by Gasteiger charge is 2.21. The van der Waals surface area contributed by atoms with Gasteiger partial charge in [-0.05, 0) is 25.2 Å². The molecular weight excluding hydrogens is 220 g/mol. The number of carbonyl (C=O) groups is 1. The van der Waals surface area contributed by atoms with Crippen molar-refractivity contribution >= 4 is 37.3 Å². The lowest BCUT2D eigenvalue weighted by atomic mass is 9.91. The zero-order valence-corrected chi connectivity index (χ0v) is 13.6. The maximum atomic E-state index is 11.2. The number of amides is 1. The second-order valence-electron chi connectivity index (χ2n) is 4.28. The minimum Gasteiger partial charge on any atom is -0.389 e. The fourth-order valence-electron chi connectivity index (χ4n) is 2.13. The van der Waals surface area contributed by atoms with E-state index in [1.807, 2.05) is 15.9 Å². The first kappa shape index (κ1) is 13.3. The number of hydrogen-bond donors (Lipinski definition) is 1. The number of hydrogen-bond acceptors (Lipinski definition) is 2. The first-order valence-electron chi connectivity index (χ1n) is 5.70. The maximum absolute atomic E-state index is 11.2. The summed E-state index contributed by atoms with van der Waals surface area (Å²) in [5.41, 5.74) is 0. The van der Waals surface area contributed by atoms with Crippen LogP contribution in [-0.4, -0.2) is 66.5 Å². The average molecular weight is 239 g/mol. The van der Waals surface area contributed by atoms with Gasteiger partial charge in [0.15, 0.2) is 0 Å². The molecule has 1 heterocycles. The molecule has 0 bridgehead atoms. The number of likely N-dealkylation sites (tertiary alicyclic amines) is 1. The van der Waals surface area contributed by atoms with Crippen molar-refractivity contribution < 1.29 is 9.90 Å². The molecule has 0 radical (unpaired) electrons. The zero-order valence-electron chi connectivity index (χ0n) is 9.65. The van der Waals surface area contributed by atoms with E-state index in [0.29, 0.717) is 27.0 Å². The molecule has 1 atom stereocenters. The van der Waals surface area contributed by atoms with Crippen LogP contribution in [0.2, 0.25) is 0 Å². The van der Waals surface area contributed by atoms with E-state index in [9.17, 15) is 9.90 Å². The summed E-state index contributed by atoms with van der Waals surface area (Å²) in [6.45, 7) is 1.79. The van der Waals surface area contributed by atoms with E-state index < -0.39 is 0 Å². The molecule has 0 aromatic heterocycles. The fraction of sp³-hybridized carbons (Fsp3) is 0.700. The predicted molar refractivity (Wildman–Crippen MR) is 66.5 cm³/mol. The highest BCUT2D eigenvalue weighted by Crippen LogP contribution is 2.22. The Balaban J connectivity index is 2.28. The topological polar surface area (TPSA) is 40.5 Å². The van der Waals surface area contributed by atoms with Crippen LogP contribution < -0.4 is 0 Å². The number of aliphatic hydroxyl groups excluding tert-OH is 1. The second-order valence-corrected chi connectivity index (χ2v) is 5.80. The van der Waals surface area contributed by atoms with Gasteiger partial charge >= 0.3 is 16.3 Å². The largest absolute Gasteiger partial charge is 0.389 e. The lowest BCUT2D eigenvalue weighted by molar-refractivity contribution is 0.146. The number of rotatable bonds is 3. The van der Waals surface area contributed by atoms with Crippen molar-refractivity contribution in [3.05, 3.63) is 11.0 Å². The van der Waals surface area contributed by atoms with E-state index in [1.54, 1.807) is 0 Å². The van der Waals surface area contributed by atoms with Crippen molar-refractivity contribution in [2.45, 2.75) is 25.4 Å². The molecule has 0 aliphatic carbocycles. The molecule has 1 rings (SSSR count). The standard InChI is InChI=1S/C10H15NO2.2Al.4H/c1-2-10(13)7-9-3-5-11(8-12)6-4-9;;;;;;/h1-2,9-10,13H,3-7H2;;;;;;. The van der Waals surface area contributed by atoms with Crippen LogP contribution in [0.5, 0.6) is 0 Å². The second kappa shape index (κ2) is 6.74. The number of aliphatic hydroxyl groups is 1. The van der Waals surface area contributed by atoms with Gasteiger partial charge in [0, 0.05) is 13.1 Å². The van der Waals surface area contributed by atoms with Crippen molar-refractivity contribution in [1.82, 2.24) is 4.90 Å². The normalized spacial score (nSPS) is 20.7. The van der Waals surface area contributed by atoms with Crippen LogP contribution >= 0.6 is 0 Å². The summed E-state index contributed by atoms with van der Waals surface area (Å²) in [4.78, 5) is 15.1. The van der Waals surface area contributed by atoms with E-state index in [4.69, 9.17) is 0 Å². The molecule has 0 spiro atoms. The SMILES string of the molecule is O=[C]([AlH2])N1CCC(CC(O)C=[CH][AlH2])CC1. The molecule has 1 amide bonds. The molecule has 0 saturated carbocycles. The Labute approximate surface area is 107 Å². The number of carbonyl (C=O) groups excluding carboxylic acids is 1. The fourth-order valence-corrected chi connectivity index (χ4v) is 3.02. The third-order valence-corrected chi connectivity index (χ3v) is 4.07. The molecule has 0 aromatic rings. The molecule has 82 valence electrons. The van der Waals surface area contributed by atoms with E-state index in [1.165, 1.54) is 0 Å². The Kier molecular flexibility index (Phi) is 5.98. The smallest absolute Gasteiger partial charge is 0.355 e. The predicted octanol–water partition coefficient (Wildman–Crippen LogP) is -0.651. The van der Waals surface area contributed by atoms with Crippen molar-refractivity contribution in [2.24, 2.45) is 5.92 Å². The molecule has 3 nitrogen and oxygen atoms in total. The Morgan fingerprint density at radius 3 is 2.60 bits per heavy atom. The third kappa shape index (κ3) is 4.73. The van der Waals surface area contributed by atoms with E-state index in [0.717, 1.165) is 48.6 Å². The van der Waals surface area contributed by atoms with Crippen molar-refractivity contribution in [1.29, 1.82) is 0 Å². The lowest BCUT2D eigenvalue weighted by Crippen LogP contribution is -2.38. The van der Waals surface area contributed by atoms with Crippen LogP contribution in [0, 0.1) is 5.92 Å². The summed E-state index contributed by atoms with van der Waals surface area (Å²) in [5, 5.41) is 9.64. The maximum Gasteiger partial charge on any atom is 0.355 e. The Hall–Kier alpha value is 0.235. The van der Waals surface area contributed by atoms with Crippen LogP contribution in [0.3, 0.4) is 0 Å². The summed E-state index contributed by atoms with van der Waals surface area (Å²) in [6.07, 6.45) is 4.60. The van der Waals surface area contributed by atoms with Crippen LogP contribution in [-0.2, 0) is 0 Å². The van der Waals surface area contributed by atoms with Crippen LogP contribution in [0.4, 0.5) is 4.79 Å². The van der Waals surface area contributed by atoms with Gasteiger partial charge in [-0.2, -0.15) is 4.94 Å². The minimum absolute atomic E-state index is 0.272. The van der Waals surface area contributed by atoms with Gasteiger partial charge in [-0.1, -0.05) is 6.08 Å². The highest BCUT2D eigenvalue weighted by atomic mass is 27.1. The molecule has 5 heteroatoms. The zero-order chi connectivity index (χ0) is 11.3. The highest BCUT2D eigenvalue weighted by molar-refractivity contribution is 6.56. The van der Waals surface area contributed by atoms with E-state index >= 15 is 0 Å². The van der Waals surface area contributed by atoms with Crippen molar-refractivity contribution in [3.63, 3.8) is 0 Å². The van der Waals surface area contributed by atoms with Gasteiger partial charge in [-0.15, -0.1) is 0 Å². The summed E-state index contributed by atoms with van der Waals surface area (Å²) < 4.78 is 0.313. The number of piperidine rings is 1. The first-order chi connectivity index (χ1) is 7.13. The van der Waals surface area contributed by atoms with E-state index in [-0.39, 0.29) is 6.10 Å². The van der Waals surface area contributed by atoms with Crippen LogP contribution in [0.1, 0.15) is 19.3 Å². The summed E-state index contributed by atoms with van der Waals surface area (Å²) in [7, 11) is 0. The Morgan fingerprint density at radius 2 is 2.13 bits per heavy atom. The van der Waals surface area contributed by atoms with Crippen LogP contribution in [0.15, 0.2) is 11.0 Å². The van der Waals surface area contributed by atoms with Crippen molar-refractivity contribution in [3.8, 4) is 0 Å². The molecule has 1 fully saturated rings. The molecule has 1 unspecified atom stereocenters. The monoisotopic (exact) mass is 239 g/mol. The Morgan fingerprint density at radius 1 is 1.53 bits per heavy atom. The van der Waals surface area contributed by atoms with Gasteiger partial charge in [-0.25, -0.2) is 0 Å². The van der Waals surface area contributed by atoms with Gasteiger partial charge in [0.1, 0.15) is 4.77 Å². The molecule has 1 N–H and O–H groups in total. The molecule has 1 aliphatic rings. The van der Waals surface area contributed by atoms with Crippen molar-refractivity contribution in [2.75, 3.05) is 13.1 Å². The average Bonchev–Trinajstić information content (AvgIpc) is 2.18. The number of nitrogens with zero attached hydrogens (tertiary/aromatic N) is 1. The van der Waals surface area contributed by atoms with Gasteiger partial charge in [0.2, 0.25) is 16.3 Å². The molecular formula is C10H19Al2NO2. The summed E-state index contributed by atoms with van der Waals surface area (Å²) in [6, 6.07) is 0. The molecule has 1 saturated heterocycles. The first-order valence-corrected chi connectivity index (χ1v) is 7.85. The van der Waals surface area contributed by atoms with Crippen LogP contribution in [0.25, 0.3) is 0 Å². The third-order valence-electron chi connectivity index (χ3n) is 3.05. The van der Waals surface area contributed by atoms with Gasteiger partial charge in [0.25, 0.3) is 0 Å². The molecule has 15 heavy (non-hydrogen) atoms. The molecule has 1 aliphatic heterocycles. The Bertz CT molecular complexity index is 238. The molecule has 0 aromatic carbocycles. The quantitative estimate of drug-likeness (QED) is 0.665. The minimum atomic E-state index is -0.272. The summed E-state index contributed by atoms with van der Waals surface area (Å²) in [5.74, 6) is 0.593.